The highest BCUT2D eigenvalue weighted by atomic mass is 32.2. The Hall–Kier alpha value is -2.78. The molecule has 1 saturated heterocycles. The molecule has 1 heterocycles. The van der Waals surface area contributed by atoms with Crippen LogP contribution >= 0.6 is 0 Å². The number of amides is 3. The quantitative estimate of drug-likeness (QED) is 0.630. The summed E-state index contributed by atoms with van der Waals surface area (Å²) in [5, 5.41) is 5.06. The second-order valence-electron chi connectivity index (χ2n) is 9.77. The maximum absolute atomic E-state index is 15.3. The summed E-state index contributed by atoms with van der Waals surface area (Å²) >= 11 is 0. The third kappa shape index (κ3) is 4.94. The fraction of sp³-hybridized carbons (Fsp3) is 0.417. The molecule has 3 atom stereocenters. The first-order valence-electron chi connectivity index (χ1n) is 11.0. The number of nitrogens with one attached hydrogen (secondary N) is 3. The van der Waals surface area contributed by atoms with Crippen LogP contribution in [-0.2, 0) is 14.8 Å². The van der Waals surface area contributed by atoms with Crippen LogP contribution in [0.3, 0.4) is 0 Å². The van der Waals surface area contributed by atoms with E-state index in [1.165, 1.54) is 12.1 Å². The average Bonchev–Trinajstić information content (AvgIpc) is 2.72. The number of benzene rings is 2. The Bertz CT molecular complexity index is 1210. The van der Waals surface area contributed by atoms with Crippen molar-refractivity contribution in [2.45, 2.75) is 62.4 Å². The third-order valence-electron chi connectivity index (χ3n) is 6.11. The second-order valence-corrected chi connectivity index (χ2v) is 11.4. The maximum Gasteiger partial charge on any atom is 0.321 e. The van der Waals surface area contributed by atoms with Crippen LogP contribution in [0.25, 0.3) is 11.1 Å². The number of rotatable bonds is 4. The molecule has 3 N–H and O–H groups in total. The fourth-order valence-electron chi connectivity index (χ4n) is 4.75. The van der Waals surface area contributed by atoms with Gasteiger partial charge in [-0.15, -0.1) is 0 Å². The Morgan fingerprint density at radius 2 is 1.79 bits per heavy atom. The fourth-order valence-corrected chi connectivity index (χ4v) is 6.40. The Morgan fingerprint density at radius 1 is 1.06 bits per heavy atom. The molecule has 1 saturated carbocycles. The highest BCUT2D eigenvalue weighted by Crippen LogP contribution is 2.39. The summed E-state index contributed by atoms with van der Waals surface area (Å²) in [5.41, 5.74) is 0.709. The molecule has 4 rings (SSSR count). The summed E-state index contributed by atoms with van der Waals surface area (Å²) in [6, 6.07) is 10.6. The molecule has 0 bridgehead atoms. The lowest BCUT2D eigenvalue weighted by molar-refractivity contribution is -0.127. The second kappa shape index (κ2) is 8.53. The van der Waals surface area contributed by atoms with Gasteiger partial charge >= 0.3 is 6.03 Å². The van der Waals surface area contributed by atoms with E-state index in [0.717, 1.165) is 0 Å². The summed E-state index contributed by atoms with van der Waals surface area (Å²) < 4.78 is 43.8. The van der Waals surface area contributed by atoms with E-state index in [4.69, 9.17) is 0 Å². The van der Waals surface area contributed by atoms with Gasteiger partial charge in [-0.25, -0.2) is 22.3 Å². The molecule has 2 aromatic carbocycles. The topological polar surface area (TPSA) is 104 Å². The molecule has 3 unspecified atom stereocenters. The molecular formula is C24H28FN3O4S. The minimum absolute atomic E-state index is 0.0854. The zero-order valence-corrected chi connectivity index (χ0v) is 19.6. The van der Waals surface area contributed by atoms with E-state index in [9.17, 15) is 18.0 Å². The predicted octanol–water partition coefficient (Wildman–Crippen LogP) is 3.66. The number of imide groups is 1. The molecule has 2 aromatic rings. The molecule has 0 spiro atoms. The normalized spacial score (nSPS) is 23.5. The lowest BCUT2D eigenvalue weighted by atomic mass is 9.74. The number of hydrogen-bond donors (Lipinski definition) is 3. The zero-order chi connectivity index (χ0) is 24.0. The number of carbonyl (C=O) groups excluding carboxylic acids is 2. The molecule has 176 valence electrons. The van der Waals surface area contributed by atoms with Gasteiger partial charge in [-0.2, -0.15) is 0 Å². The van der Waals surface area contributed by atoms with E-state index in [0.29, 0.717) is 36.0 Å². The summed E-state index contributed by atoms with van der Waals surface area (Å²) in [6.45, 7) is 5.27. The zero-order valence-electron chi connectivity index (χ0n) is 18.8. The van der Waals surface area contributed by atoms with Crippen LogP contribution in [0.4, 0.5) is 9.18 Å². The van der Waals surface area contributed by atoms with E-state index < -0.39 is 33.3 Å². The first-order valence-corrected chi connectivity index (χ1v) is 12.5. The molecule has 2 aliphatic rings. The summed E-state index contributed by atoms with van der Waals surface area (Å²) in [6.07, 6.45) is 1.67. The molecule has 0 radical (unpaired) electrons. The van der Waals surface area contributed by atoms with Crippen LogP contribution < -0.4 is 15.4 Å². The van der Waals surface area contributed by atoms with Gasteiger partial charge in [0.2, 0.25) is 15.9 Å². The number of carbonyl (C=O) groups is 2. The van der Waals surface area contributed by atoms with Crippen molar-refractivity contribution in [1.29, 1.82) is 0 Å². The number of halogens is 1. The van der Waals surface area contributed by atoms with Crippen molar-refractivity contribution in [3.05, 3.63) is 53.8 Å². The van der Waals surface area contributed by atoms with Gasteiger partial charge in [-0.05, 0) is 69.2 Å². The SMILES string of the molecule is CC(C)(C)NS(=O)(=O)c1ccccc1-c1ccc(C2CCC3NC(=O)NC(=O)C3C2)c(F)c1. The van der Waals surface area contributed by atoms with Crippen LogP contribution in [0.2, 0.25) is 0 Å². The molecule has 2 fully saturated rings. The number of fused-ring (bicyclic) bond motifs is 1. The van der Waals surface area contributed by atoms with Crippen LogP contribution in [0.15, 0.2) is 47.4 Å². The summed E-state index contributed by atoms with van der Waals surface area (Å²) in [4.78, 5) is 23.9. The van der Waals surface area contributed by atoms with Crippen LogP contribution in [0.1, 0.15) is 51.5 Å². The van der Waals surface area contributed by atoms with Crippen molar-refractivity contribution in [2.24, 2.45) is 5.92 Å². The lowest BCUT2D eigenvalue weighted by Gasteiger charge is -2.38. The van der Waals surface area contributed by atoms with E-state index in [1.807, 2.05) is 0 Å². The van der Waals surface area contributed by atoms with E-state index in [-0.39, 0.29) is 22.8 Å². The van der Waals surface area contributed by atoms with Gasteiger partial charge in [0.1, 0.15) is 5.82 Å². The highest BCUT2D eigenvalue weighted by Gasteiger charge is 2.41. The third-order valence-corrected chi connectivity index (χ3v) is 7.92. The average molecular weight is 474 g/mol. The van der Waals surface area contributed by atoms with Gasteiger partial charge in [0.15, 0.2) is 0 Å². The van der Waals surface area contributed by atoms with Crippen molar-refractivity contribution in [3.8, 4) is 11.1 Å². The van der Waals surface area contributed by atoms with E-state index in [2.05, 4.69) is 15.4 Å². The molecule has 3 amide bonds. The van der Waals surface area contributed by atoms with Crippen molar-refractivity contribution in [2.75, 3.05) is 0 Å². The Balaban J connectivity index is 1.62. The number of hydrogen-bond acceptors (Lipinski definition) is 4. The monoisotopic (exact) mass is 473 g/mol. The standard InChI is InChI=1S/C24H28FN3O4S/c1-24(2,3)28-33(31,32)21-7-5-4-6-17(21)15-8-10-16(19(25)13-15)14-9-11-20-18(12-14)22(29)27-23(30)26-20/h4-8,10,13-14,18,20,28H,9,11-12H2,1-3H3,(H2,26,27,29,30). The highest BCUT2D eigenvalue weighted by molar-refractivity contribution is 7.89. The molecule has 1 aliphatic heterocycles. The van der Waals surface area contributed by atoms with Gasteiger partial charge in [0.25, 0.3) is 0 Å². The lowest BCUT2D eigenvalue weighted by Crippen LogP contribution is -2.59. The molecule has 1 aliphatic carbocycles. The number of sulfonamides is 1. The summed E-state index contributed by atoms with van der Waals surface area (Å²) in [5.74, 6) is -1.32. The van der Waals surface area contributed by atoms with Gasteiger partial charge in [-0.3, -0.25) is 10.1 Å². The maximum atomic E-state index is 15.3. The minimum Gasteiger partial charge on any atom is -0.334 e. The van der Waals surface area contributed by atoms with Crippen LogP contribution in [0.5, 0.6) is 0 Å². The van der Waals surface area contributed by atoms with Crippen molar-refractivity contribution < 1.29 is 22.4 Å². The molecule has 33 heavy (non-hydrogen) atoms. The van der Waals surface area contributed by atoms with E-state index in [1.54, 1.807) is 51.1 Å². The van der Waals surface area contributed by atoms with Crippen LogP contribution in [0, 0.1) is 11.7 Å². The van der Waals surface area contributed by atoms with E-state index >= 15 is 4.39 Å². The minimum atomic E-state index is -3.82. The van der Waals surface area contributed by atoms with Crippen molar-refractivity contribution >= 4 is 22.0 Å². The Labute approximate surface area is 193 Å². The smallest absolute Gasteiger partial charge is 0.321 e. The first kappa shape index (κ1) is 23.4. The van der Waals surface area contributed by atoms with Gasteiger partial charge in [0.05, 0.1) is 10.8 Å². The van der Waals surface area contributed by atoms with Crippen molar-refractivity contribution in [1.82, 2.24) is 15.4 Å². The molecule has 0 aromatic heterocycles. The van der Waals surface area contributed by atoms with Gasteiger partial charge in [0, 0.05) is 17.1 Å². The largest absolute Gasteiger partial charge is 0.334 e. The summed E-state index contributed by atoms with van der Waals surface area (Å²) in [7, 11) is -3.82. The molecule has 9 heteroatoms. The van der Waals surface area contributed by atoms with Gasteiger partial charge < -0.3 is 5.32 Å². The predicted molar refractivity (Wildman–Crippen MR) is 122 cm³/mol. The Kier molecular flexibility index (Phi) is 6.05. The Morgan fingerprint density at radius 3 is 2.48 bits per heavy atom. The van der Waals surface area contributed by atoms with Crippen molar-refractivity contribution in [3.63, 3.8) is 0 Å². The van der Waals surface area contributed by atoms with Crippen LogP contribution in [-0.4, -0.2) is 31.9 Å². The van der Waals surface area contributed by atoms with Gasteiger partial charge in [-0.1, -0.05) is 30.3 Å². The number of urea groups is 1. The molecular weight excluding hydrogens is 445 g/mol. The first-order chi connectivity index (χ1) is 15.4. The molecule has 7 nitrogen and oxygen atoms in total.